The molecule has 2 aliphatic carbocycles. The average Bonchev–Trinajstić information content (AvgIpc) is 3.90. The van der Waals surface area contributed by atoms with E-state index in [1.165, 1.54) is 49.3 Å². The molecule has 5 aromatic heterocycles. The molecule has 2 nitrogen and oxygen atoms in total. The topological polar surface area (TPSA) is 34.1 Å². The minimum absolute atomic E-state index is 0.0529. The van der Waals surface area contributed by atoms with Crippen LogP contribution in [0.1, 0.15) is 74.0 Å². The fraction of sp³-hybridized carbons (Fsp3) is 0.227. The predicted octanol–water partition coefficient (Wildman–Crippen LogP) is 12.9. The summed E-state index contributed by atoms with van der Waals surface area (Å²) in [6.07, 6.45) is 8.48. The second kappa shape index (κ2) is 13.9. The fourth-order valence-electron chi connectivity index (χ4n) is 6.42. The molecule has 0 N–H and O–H groups in total. The first-order chi connectivity index (χ1) is 24.2. The molecule has 0 fully saturated rings. The van der Waals surface area contributed by atoms with Gasteiger partial charge < -0.3 is 0 Å². The zero-order valence-corrected chi connectivity index (χ0v) is 35.1. The van der Waals surface area contributed by atoms with Crippen LogP contribution in [-0.2, 0) is 9.59 Å². The van der Waals surface area contributed by atoms with Crippen LogP contribution in [0.5, 0.6) is 0 Å². The van der Waals surface area contributed by atoms with Gasteiger partial charge in [0.2, 0.25) is 0 Å². The van der Waals surface area contributed by atoms with E-state index < -0.39 is 0 Å². The van der Waals surface area contributed by atoms with Crippen molar-refractivity contribution in [3.63, 3.8) is 0 Å². The SMILES string of the molecule is CC1=C/C(=C(\c2ccc(-c3cccs3)s2)c2ccc(/C(=C3/C=C(C)C(=O)C(C(C)(C)C)=C3)c3ccc(-c4cccs4)s3)[se]2)C=C(C(C)(C)C)C1=O. The van der Waals surface area contributed by atoms with Gasteiger partial charge in [-0.05, 0) is 0 Å². The van der Waals surface area contributed by atoms with Gasteiger partial charge in [-0.1, -0.05) is 0 Å². The van der Waals surface area contributed by atoms with Crippen molar-refractivity contribution < 1.29 is 9.59 Å². The minimum atomic E-state index is -0.282. The molecule has 7 rings (SSSR count). The van der Waals surface area contributed by atoms with E-state index >= 15 is 0 Å². The molecule has 7 heteroatoms. The van der Waals surface area contributed by atoms with Crippen LogP contribution in [0.25, 0.3) is 30.7 Å². The van der Waals surface area contributed by atoms with Crippen molar-refractivity contribution >= 4 is 82.6 Å². The molecule has 5 aromatic rings. The van der Waals surface area contributed by atoms with E-state index in [1.807, 2.05) is 36.5 Å². The van der Waals surface area contributed by atoms with Crippen molar-refractivity contribution in [3.8, 4) is 19.5 Å². The molecule has 0 amide bonds. The van der Waals surface area contributed by atoms with Gasteiger partial charge in [0.25, 0.3) is 0 Å². The monoisotopic (exact) mass is 808 g/mol. The van der Waals surface area contributed by atoms with Crippen LogP contribution in [0.3, 0.4) is 0 Å². The number of Topliss-reactive ketones (excluding diaryl/α,β-unsaturated/α-hetero) is 2. The quantitative estimate of drug-likeness (QED) is 0.160. The molecular weight excluding hydrogens is 768 g/mol. The third kappa shape index (κ3) is 7.18. The van der Waals surface area contributed by atoms with Gasteiger partial charge >= 0.3 is 326 Å². The molecule has 258 valence electrons. The van der Waals surface area contributed by atoms with Gasteiger partial charge in [0.15, 0.2) is 0 Å². The van der Waals surface area contributed by atoms with E-state index in [0.29, 0.717) is 0 Å². The van der Waals surface area contributed by atoms with Gasteiger partial charge in [-0.2, -0.15) is 0 Å². The molecule has 2 aliphatic rings. The van der Waals surface area contributed by atoms with Crippen LogP contribution in [0, 0.1) is 10.8 Å². The Morgan fingerprint density at radius 1 is 0.529 bits per heavy atom. The summed E-state index contributed by atoms with van der Waals surface area (Å²) in [6.45, 7) is 16.6. The van der Waals surface area contributed by atoms with Crippen LogP contribution in [-0.4, -0.2) is 26.1 Å². The predicted molar refractivity (Wildman–Crippen MR) is 223 cm³/mol. The molecule has 0 unspecified atom stereocenters. The second-order valence-electron chi connectivity index (χ2n) is 15.0. The number of rotatable bonds is 6. The standard InChI is InChI=1S/C44H40O2S4Se/c1-25-21-27(23-29(41(25)45)43(3,4)5)39(35-15-13-33(49-35)31-11-9-19-47-31)37-17-18-38(51-37)40(36-16-14-34(50-36)32-12-10-20-48-32)28-22-26(2)42(46)30(24-28)44(6,7)8/h9-24H,1-8H3/b39-27-,40-28-. The van der Waals surface area contributed by atoms with Gasteiger partial charge in [-0.25, -0.2) is 0 Å². The number of hydrogen-bond acceptors (Lipinski definition) is 6. The molecule has 5 heterocycles. The number of hydrogen-bond donors (Lipinski definition) is 0. The van der Waals surface area contributed by atoms with Crippen molar-refractivity contribution in [2.24, 2.45) is 10.8 Å². The first kappa shape index (κ1) is 36.0. The first-order valence-corrected chi connectivity index (χ1v) is 22.1. The number of ketones is 2. The molecule has 0 aromatic carbocycles. The Balaban J connectivity index is 1.46. The fourth-order valence-corrected chi connectivity index (χ4v) is 13.0. The average molecular weight is 808 g/mol. The van der Waals surface area contributed by atoms with Crippen LogP contribution >= 0.6 is 45.3 Å². The van der Waals surface area contributed by atoms with Crippen molar-refractivity contribution in [1.29, 1.82) is 0 Å². The van der Waals surface area contributed by atoms with Crippen molar-refractivity contribution in [1.82, 2.24) is 0 Å². The van der Waals surface area contributed by atoms with E-state index in [4.69, 9.17) is 0 Å². The van der Waals surface area contributed by atoms with Crippen LogP contribution < -0.4 is 0 Å². The zero-order valence-electron chi connectivity index (χ0n) is 30.1. The van der Waals surface area contributed by atoms with E-state index in [0.717, 1.165) is 33.4 Å². The molecule has 0 saturated carbocycles. The third-order valence-corrected chi connectivity index (χ3v) is 15.8. The molecule has 0 aliphatic heterocycles. The maximum absolute atomic E-state index is 13.4. The summed E-state index contributed by atoms with van der Waals surface area (Å²) in [5.41, 5.74) is 7.28. The maximum atomic E-state index is 13.4. The molecular formula is C44H40O2S4Se. The van der Waals surface area contributed by atoms with Crippen molar-refractivity contribution in [3.05, 3.63) is 148 Å². The van der Waals surface area contributed by atoms with Gasteiger partial charge in [-0.3, -0.25) is 0 Å². The Kier molecular flexibility index (Phi) is 9.77. The molecule has 0 radical (unpaired) electrons. The summed E-state index contributed by atoms with van der Waals surface area (Å²) < 4.78 is 2.58. The summed E-state index contributed by atoms with van der Waals surface area (Å²) in [5.74, 6) is 0.255. The molecule has 0 saturated heterocycles. The van der Waals surface area contributed by atoms with Gasteiger partial charge in [0.1, 0.15) is 0 Å². The summed E-state index contributed by atoms with van der Waals surface area (Å²) in [5, 5.41) is 4.25. The van der Waals surface area contributed by atoms with Gasteiger partial charge in [-0.15, -0.1) is 0 Å². The molecule has 0 bridgehead atoms. The van der Waals surface area contributed by atoms with E-state index in [1.54, 1.807) is 22.7 Å². The van der Waals surface area contributed by atoms with Crippen molar-refractivity contribution in [2.45, 2.75) is 55.4 Å². The summed E-state index contributed by atoms with van der Waals surface area (Å²) in [4.78, 5) is 34.3. The second-order valence-corrected chi connectivity index (χ2v) is 21.4. The van der Waals surface area contributed by atoms with Crippen LogP contribution in [0.4, 0.5) is 0 Å². The Labute approximate surface area is 323 Å². The third-order valence-electron chi connectivity index (χ3n) is 9.07. The Bertz CT molecular complexity index is 2190. The molecule has 0 atom stereocenters. The van der Waals surface area contributed by atoms with Gasteiger partial charge in [0, 0.05) is 0 Å². The Morgan fingerprint density at radius 3 is 1.29 bits per heavy atom. The number of carbonyl (C=O) groups excluding carboxylic acids is 2. The normalized spacial score (nSPS) is 17.6. The van der Waals surface area contributed by atoms with Crippen LogP contribution in [0.2, 0.25) is 0 Å². The first-order valence-electron chi connectivity index (χ1n) is 17.0. The Hall–Kier alpha value is -3.42. The van der Waals surface area contributed by atoms with Crippen molar-refractivity contribution in [2.75, 3.05) is 0 Å². The van der Waals surface area contributed by atoms with E-state index in [-0.39, 0.29) is 36.9 Å². The van der Waals surface area contributed by atoms with E-state index in [9.17, 15) is 9.59 Å². The van der Waals surface area contributed by atoms with Gasteiger partial charge in [0.05, 0.1) is 0 Å². The number of allylic oxidation sites excluding steroid dienone is 10. The summed E-state index contributed by atoms with van der Waals surface area (Å²) in [6, 6.07) is 22.2. The summed E-state index contributed by atoms with van der Waals surface area (Å²) in [7, 11) is 0. The number of carbonyl (C=O) groups is 2. The van der Waals surface area contributed by atoms with E-state index in [2.05, 4.69) is 137 Å². The zero-order chi connectivity index (χ0) is 36.2. The molecule has 0 spiro atoms. The molecule has 51 heavy (non-hydrogen) atoms. The Morgan fingerprint density at radius 2 is 0.941 bits per heavy atom. The summed E-state index contributed by atoms with van der Waals surface area (Å²) >= 11 is 7.11. The van der Waals surface area contributed by atoms with Crippen LogP contribution in [0.15, 0.2) is 129 Å². The number of thiophene rings is 4.